The molecule has 0 saturated heterocycles. The summed E-state index contributed by atoms with van der Waals surface area (Å²) in [4.78, 5) is 0. The van der Waals surface area contributed by atoms with Crippen molar-refractivity contribution in [3.05, 3.63) is 42.0 Å². The maximum absolute atomic E-state index is 8.69. The summed E-state index contributed by atoms with van der Waals surface area (Å²) in [6.45, 7) is 0.267. The van der Waals surface area contributed by atoms with Crippen molar-refractivity contribution in [3.63, 3.8) is 0 Å². The smallest absolute Gasteiger partial charge is 0.122 e. The van der Waals surface area contributed by atoms with Crippen LogP contribution in [-0.4, -0.2) is 24.2 Å². The number of hydrogen-bond acceptors (Lipinski definition) is 3. The van der Waals surface area contributed by atoms with E-state index in [2.05, 4.69) is 0 Å². The van der Waals surface area contributed by atoms with E-state index in [9.17, 15) is 0 Å². The van der Waals surface area contributed by atoms with E-state index in [1.165, 1.54) is 0 Å². The van der Waals surface area contributed by atoms with Crippen molar-refractivity contribution < 1.29 is 9.84 Å². The van der Waals surface area contributed by atoms with Gasteiger partial charge in [-0.15, -0.1) is 0 Å². The predicted octanol–water partition coefficient (Wildman–Crippen LogP) is 1.49. The fraction of sp³-hybridized carbons (Fsp3) is 0.154. The zero-order valence-corrected chi connectivity index (χ0v) is 9.31. The summed E-state index contributed by atoms with van der Waals surface area (Å²) in [5.74, 6) is 0.751. The minimum atomic E-state index is -0.00841. The molecule has 2 aromatic rings. The Bertz CT molecular complexity index is 552. The Labute approximate surface area is 99.1 Å². The highest BCUT2D eigenvalue weighted by Crippen LogP contribution is 2.22. The van der Waals surface area contributed by atoms with Crippen LogP contribution in [0.2, 0.25) is 0 Å². The molecule has 2 aromatic carbocycles. The van der Waals surface area contributed by atoms with Gasteiger partial charge in [-0.1, -0.05) is 18.2 Å². The molecule has 0 aliphatic carbocycles. The van der Waals surface area contributed by atoms with Crippen LogP contribution in [0.15, 0.2) is 36.4 Å². The van der Waals surface area contributed by atoms with Gasteiger partial charge in [-0.05, 0) is 29.0 Å². The molecule has 0 unspecified atom stereocenters. The number of aliphatic hydroxyl groups excluding tert-OH is 1. The molecule has 4 nitrogen and oxygen atoms in total. The molecule has 0 amide bonds. The normalized spacial score (nSPS) is 10.4. The van der Waals surface area contributed by atoms with Gasteiger partial charge in [0.1, 0.15) is 18.2 Å². The zero-order valence-electron chi connectivity index (χ0n) is 9.31. The molecule has 0 fully saturated rings. The molecule has 0 saturated carbocycles. The molecule has 4 heteroatoms. The van der Waals surface area contributed by atoms with E-state index < -0.39 is 0 Å². The zero-order chi connectivity index (χ0) is 12.3. The third kappa shape index (κ3) is 2.54. The monoisotopic (exact) mass is 230 g/mol. The van der Waals surface area contributed by atoms with Gasteiger partial charge in [0.25, 0.3) is 0 Å². The van der Waals surface area contributed by atoms with Gasteiger partial charge in [0.05, 0.1) is 6.61 Å². The number of nitrogen functional groups attached to an aromatic ring is 1. The summed E-state index contributed by atoms with van der Waals surface area (Å²) in [7, 11) is 0. The van der Waals surface area contributed by atoms with Gasteiger partial charge in [0, 0.05) is 5.56 Å². The van der Waals surface area contributed by atoms with Crippen LogP contribution in [0.1, 0.15) is 5.56 Å². The third-order valence-corrected chi connectivity index (χ3v) is 2.48. The summed E-state index contributed by atoms with van der Waals surface area (Å²) in [6.07, 6.45) is 0. The number of nitrogens with two attached hydrogens (primary N) is 1. The quantitative estimate of drug-likeness (QED) is 0.550. The highest BCUT2D eigenvalue weighted by atomic mass is 16.5. The first-order chi connectivity index (χ1) is 8.20. The molecule has 0 aliphatic rings. The number of amidine groups is 1. The lowest BCUT2D eigenvalue weighted by Crippen LogP contribution is -2.10. The maximum atomic E-state index is 8.69. The second-order valence-electron chi connectivity index (χ2n) is 3.71. The average molecular weight is 230 g/mol. The Morgan fingerprint density at radius 1 is 1.18 bits per heavy atom. The van der Waals surface area contributed by atoms with Crippen molar-refractivity contribution in [1.82, 2.24) is 0 Å². The summed E-state index contributed by atoms with van der Waals surface area (Å²) < 4.78 is 5.33. The third-order valence-electron chi connectivity index (χ3n) is 2.48. The average Bonchev–Trinajstić information content (AvgIpc) is 2.35. The number of benzene rings is 2. The summed E-state index contributed by atoms with van der Waals surface area (Å²) in [5, 5.41) is 18.1. The lowest BCUT2D eigenvalue weighted by molar-refractivity contribution is 0.201. The number of ether oxygens (including phenoxy) is 1. The largest absolute Gasteiger partial charge is 0.491 e. The second-order valence-corrected chi connectivity index (χ2v) is 3.71. The topological polar surface area (TPSA) is 79.3 Å². The van der Waals surface area contributed by atoms with Crippen molar-refractivity contribution >= 4 is 16.6 Å². The molecule has 2 rings (SSSR count). The van der Waals surface area contributed by atoms with Crippen LogP contribution in [0, 0.1) is 5.41 Å². The van der Waals surface area contributed by atoms with Crippen LogP contribution in [-0.2, 0) is 0 Å². The Balaban J connectivity index is 2.39. The van der Waals surface area contributed by atoms with Crippen molar-refractivity contribution in [2.75, 3.05) is 13.2 Å². The highest BCUT2D eigenvalue weighted by molar-refractivity contribution is 5.99. The molecule has 88 valence electrons. The molecule has 0 aromatic heterocycles. The molecule has 17 heavy (non-hydrogen) atoms. The van der Waals surface area contributed by atoms with Gasteiger partial charge < -0.3 is 15.6 Å². The minimum absolute atomic E-state index is 0.00841. The van der Waals surface area contributed by atoms with Gasteiger partial charge in [0.15, 0.2) is 0 Å². The number of rotatable bonds is 4. The fourth-order valence-electron chi connectivity index (χ4n) is 1.65. The van der Waals surface area contributed by atoms with Gasteiger partial charge in [-0.3, -0.25) is 5.41 Å². The lowest BCUT2D eigenvalue weighted by atomic mass is 10.1. The molecule has 0 bridgehead atoms. The Morgan fingerprint density at radius 2 is 1.94 bits per heavy atom. The Morgan fingerprint density at radius 3 is 2.65 bits per heavy atom. The number of nitrogens with one attached hydrogen (secondary N) is 1. The molecule has 0 aliphatic heterocycles. The summed E-state index contributed by atoms with van der Waals surface area (Å²) in [5.41, 5.74) is 6.13. The van der Waals surface area contributed by atoms with E-state index >= 15 is 0 Å². The number of fused-ring (bicyclic) bond motifs is 1. The van der Waals surface area contributed by atoms with E-state index in [1.54, 1.807) is 0 Å². The van der Waals surface area contributed by atoms with E-state index in [4.69, 9.17) is 21.0 Å². The van der Waals surface area contributed by atoms with Crippen LogP contribution in [0.25, 0.3) is 10.8 Å². The van der Waals surface area contributed by atoms with Crippen LogP contribution in [0.4, 0.5) is 0 Å². The molecule has 0 heterocycles. The minimum Gasteiger partial charge on any atom is -0.491 e. The molecule has 0 radical (unpaired) electrons. The molecular weight excluding hydrogens is 216 g/mol. The van der Waals surface area contributed by atoms with Gasteiger partial charge in [0.2, 0.25) is 0 Å². The molecule has 0 atom stereocenters. The predicted molar refractivity (Wildman–Crippen MR) is 67.5 cm³/mol. The van der Waals surface area contributed by atoms with Crippen LogP contribution in [0.3, 0.4) is 0 Å². The first-order valence-corrected chi connectivity index (χ1v) is 5.32. The van der Waals surface area contributed by atoms with Crippen LogP contribution in [0.5, 0.6) is 5.75 Å². The number of aliphatic hydroxyl groups is 1. The highest BCUT2D eigenvalue weighted by Gasteiger charge is 2.01. The first kappa shape index (κ1) is 11.4. The maximum Gasteiger partial charge on any atom is 0.122 e. The molecule has 0 spiro atoms. The van der Waals surface area contributed by atoms with Gasteiger partial charge in [-0.2, -0.15) is 0 Å². The van der Waals surface area contributed by atoms with E-state index in [1.807, 2.05) is 36.4 Å². The van der Waals surface area contributed by atoms with Gasteiger partial charge in [-0.25, -0.2) is 0 Å². The van der Waals surface area contributed by atoms with Crippen molar-refractivity contribution in [3.8, 4) is 5.75 Å². The van der Waals surface area contributed by atoms with Gasteiger partial charge >= 0.3 is 0 Å². The molecule has 4 N–H and O–H groups in total. The van der Waals surface area contributed by atoms with Crippen molar-refractivity contribution in [1.29, 1.82) is 5.41 Å². The lowest BCUT2D eigenvalue weighted by Gasteiger charge is -2.06. The fourth-order valence-corrected chi connectivity index (χ4v) is 1.65. The Hall–Kier alpha value is -2.07. The summed E-state index contributed by atoms with van der Waals surface area (Å²) in [6, 6.07) is 11.2. The standard InChI is InChI=1S/C13H14N2O2/c14-13(15)10-2-1-9-3-4-12(17-6-5-16)8-11(9)7-10/h1-4,7-8,16H,5-6H2,(H3,14,15). The van der Waals surface area contributed by atoms with E-state index in [-0.39, 0.29) is 19.0 Å². The Kier molecular flexibility index (Phi) is 3.25. The van der Waals surface area contributed by atoms with Crippen LogP contribution < -0.4 is 10.5 Å². The summed E-state index contributed by atoms with van der Waals surface area (Å²) >= 11 is 0. The second kappa shape index (κ2) is 4.84. The van der Waals surface area contributed by atoms with E-state index in [0.717, 1.165) is 10.8 Å². The SMILES string of the molecule is N=C(N)c1ccc2ccc(OCCO)cc2c1. The van der Waals surface area contributed by atoms with Crippen molar-refractivity contribution in [2.45, 2.75) is 0 Å². The first-order valence-electron chi connectivity index (χ1n) is 5.32. The van der Waals surface area contributed by atoms with E-state index in [0.29, 0.717) is 11.3 Å². The molecular formula is C13H14N2O2. The van der Waals surface area contributed by atoms with Crippen LogP contribution >= 0.6 is 0 Å². The number of hydrogen-bond donors (Lipinski definition) is 3. The van der Waals surface area contributed by atoms with Crippen molar-refractivity contribution in [2.24, 2.45) is 5.73 Å².